The average molecular weight is 520 g/mol. The van der Waals surface area contributed by atoms with E-state index in [1.165, 1.54) is 0 Å². The minimum atomic E-state index is -3.88. The number of aryl methyl sites for hydroxylation is 1. The zero-order chi connectivity index (χ0) is 26.0. The second-order valence-electron chi connectivity index (χ2n) is 10.2. The number of carbonyl (C=O) groups is 1. The molecule has 0 radical (unpaired) electrons. The van der Waals surface area contributed by atoms with E-state index in [0.717, 1.165) is 48.8 Å². The third-order valence-electron chi connectivity index (χ3n) is 7.78. The first-order valence-corrected chi connectivity index (χ1v) is 14.4. The van der Waals surface area contributed by atoms with E-state index >= 15 is 0 Å². The Hall–Kier alpha value is -3.00. The Balaban J connectivity index is 1.46. The van der Waals surface area contributed by atoms with E-state index in [0.29, 0.717) is 12.0 Å². The van der Waals surface area contributed by atoms with E-state index in [9.17, 15) is 18.3 Å². The molecule has 0 unspecified atom stereocenters. The molecule has 0 aliphatic heterocycles. The van der Waals surface area contributed by atoms with Crippen LogP contribution in [0, 0.1) is 12.8 Å². The van der Waals surface area contributed by atoms with Gasteiger partial charge in [0, 0.05) is 12.3 Å². The smallest absolute Gasteiger partial charge is 0.343 e. The Morgan fingerprint density at radius 3 is 2.27 bits per heavy atom. The van der Waals surface area contributed by atoms with Gasteiger partial charge in [0.1, 0.15) is 6.10 Å². The predicted octanol–water partition coefficient (Wildman–Crippen LogP) is 4.95. The zero-order valence-corrected chi connectivity index (χ0v) is 21.8. The van der Waals surface area contributed by atoms with Crippen molar-refractivity contribution in [3.63, 3.8) is 0 Å². The molecule has 0 heterocycles. The van der Waals surface area contributed by atoms with E-state index in [2.05, 4.69) is 4.72 Å². The highest BCUT2D eigenvalue weighted by molar-refractivity contribution is 7.89. The van der Waals surface area contributed by atoms with Gasteiger partial charge in [-0.2, -0.15) is 4.72 Å². The van der Waals surface area contributed by atoms with Gasteiger partial charge in [-0.25, -0.2) is 13.2 Å². The quantitative estimate of drug-likeness (QED) is 0.431. The maximum absolute atomic E-state index is 13.8. The van der Waals surface area contributed by atoms with Gasteiger partial charge < -0.3 is 9.84 Å². The fourth-order valence-corrected chi connectivity index (χ4v) is 6.96. The van der Waals surface area contributed by atoms with Crippen LogP contribution in [-0.2, 0) is 31.6 Å². The van der Waals surface area contributed by atoms with Crippen LogP contribution in [0.4, 0.5) is 0 Å². The molecular weight excluding hydrogens is 486 g/mol. The fraction of sp³-hybridized carbons (Fsp3) is 0.367. The van der Waals surface area contributed by atoms with Gasteiger partial charge in [0.05, 0.1) is 10.9 Å². The minimum absolute atomic E-state index is 0.149. The summed E-state index contributed by atoms with van der Waals surface area (Å²) in [6.07, 6.45) is 4.01. The lowest BCUT2D eigenvalue weighted by Gasteiger charge is -2.38. The number of aliphatic hydroxyl groups is 1. The molecular formula is C30H33NO5S. The molecule has 1 fully saturated rings. The molecule has 0 saturated heterocycles. The van der Waals surface area contributed by atoms with Crippen molar-refractivity contribution in [2.75, 3.05) is 0 Å². The lowest BCUT2D eigenvalue weighted by Crippen LogP contribution is -2.47. The summed E-state index contributed by atoms with van der Waals surface area (Å²) in [7, 11) is -3.88. The van der Waals surface area contributed by atoms with Gasteiger partial charge in [-0.3, -0.25) is 0 Å². The highest BCUT2D eigenvalue weighted by atomic mass is 32.2. The Bertz CT molecular complexity index is 1350. The highest BCUT2D eigenvalue weighted by Crippen LogP contribution is 2.42. The van der Waals surface area contributed by atoms with Gasteiger partial charge in [0.15, 0.2) is 5.60 Å². The van der Waals surface area contributed by atoms with E-state index in [4.69, 9.17) is 4.74 Å². The molecule has 6 nitrogen and oxygen atoms in total. The Kier molecular flexibility index (Phi) is 7.21. The van der Waals surface area contributed by atoms with Crippen LogP contribution < -0.4 is 4.72 Å². The Labute approximate surface area is 218 Å². The molecule has 3 atom stereocenters. The molecule has 37 heavy (non-hydrogen) atoms. The van der Waals surface area contributed by atoms with Crippen molar-refractivity contribution >= 4 is 16.0 Å². The first kappa shape index (κ1) is 25.6. The van der Waals surface area contributed by atoms with E-state index in [1.54, 1.807) is 48.5 Å². The van der Waals surface area contributed by atoms with Gasteiger partial charge in [-0.1, -0.05) is 91.6 Å². The number of benzene rings is 3. The van der Waals surface area contributed by atoms with Gasteiger partial charge in [0.25, 0.3) is 0 Å². The monoisotopic (exact) mass is 519 g/mol. The first-order valence-electron chi connectivity index (χ1n) is 12.9. The van der Waals surface area contributed by atoms with Crippen molar-refractivity contribution in [3.8, 4) is 0 Å². The molecule has 3 aromatic carbocycles. The number of esters is 1. The lowest BCUT2D eigenvalue weighted by molar-refractivity contribution is -0.182. The molecule has 7 heteroatoms. The zero-order valence-electron chi connectivity index (χ0n) is 21.0. The van der Waals surface area contributed by atoms with Gasteiger partial charge >= 0.3 is 5.97 Å². The molecule has 0 aromatic heterocycles. The van der Waals surface area contributed by atoms with Crippen LogP contribution in [-0.4, -0.2) is 25.6 Å². The minimum Gasteiger partial charge on any atom is -0.458 e. The molecule has 2 aliphatic rings. The van der Waals surface area contributed by atoms with Gasteiger partial charge in [0.2, 0.25) is 10.0 Å². The average Bonchev–Trinajstić information content (AvgIpc) is 3.25. The number of carbonyl (C=O) groups excluding carboxylic acids is 1. The summed E-state index contributed by atoms with van der Waals surface area (Å²) in [5, 5.41) is 12.0. The van der Waals surface area contributed by atoms with E-state index < -0.39 is 33.7 Å². The van der Waals surface area contributed by atoms with Crippen LogP contribution in [0.2, 0.25) is 0 Å². The van der Waals surface area contributed by atoms with Crippen molar-refractivity contribution in [3.05, 3.63) is 101 Å². The van der Waals surface area contributed by atoms with Crippen LogP contribution in [0.3, 0.4) is 0 Å². The molecule has 5 rings (SSSR count). The Morgan fingerprint density at radius 2 is 1.57 bits per heavy atom. The van der Waals surface area contributed by atoms with Crippen molar-refractivity contribution in [2.24, 2.45) is 5.92 Å². The summed E-state index contributed by atoms with van der Waals surface area (Å²) in [5.41, 5.74) is 1.37. The number of hydrogen-bond donors (Lipinski definition) is 2. The molecule has 3 aromatic rings. The summed E-state index contributed by atoms with van der Waals surface area (Å²) in [6, 6.07) is 22.4. The SMILES string of the molecule is Cc1ccc(S(=O)(=O)N[C@H]2c3ccccc3C[C@@H]2OC(=O)[C@@](O)(c2ccccc2)C2CCCCC2)cc1. The summed E-state index contributed by atoms with van der Waals surface area (Å²) in [5.74, 6) is -0.981. The normalized spacial score (nSPS) is 21.7. The molecule has 1 saturated carbocycles. The fourth-order valence-electron chi connectivity index (χ4n) is 5.72. The molecule has 0 bridgehead atoms. The van der Waals surface area contributed by atoms with Crippen molar-refractivity contribution in [2.45, 2.75) is 68.1 Å². The molecule has 194 valence electrons. The number of ether oxygens (including phenoxy) is 1. The number of nitrogens with one attached hydrogen (secondary N) is 1. The van der Waals surface area contributed by atoms with E-state index in [-0.39, 0.29) is 10.8 Å². The Morgan fingerprint density at radius 1 is 0.919 bits per heavy atom. The number of fused-ring (bicyclic) bond motifs is 1. The maximum Gasteiger partial charge on any atom is 0.343 e. The number of rotatable bonds is 7. The van der Waals surface area contributed by atoms with Crippen molar-refractivity contribution in [1.29, 1.82) is 0 Å². The third-order valence-corrected chi connectivity index (χ3v) is 9.23. The lowest BCUT2D eigenvalue weighted by atomic mass is 9.73. The maximum atomic E-state index is 13.8. The topological polar surface area (TPSA) is 92.7 Å². The van der Waals surface area contributed by atoms with Gasteiger partial charge in [-0.15, -0.1) is 0 Å². The largest absolute Gasteiger partial charge is 0.458 e. The first-order chi connectivity index (χ1) is 17.8. The summed E-state index contributed by atoms with van der Waals surface area (Å²) in [6.45, 7) is 1.90. The predicted molar refractivity (Wildman–Crippen MR) is 141 cm³/mol. The van der Waals surface area contributed by atoms with Crippen molar-refractivity contribution in [1.82, 2.24) is 4.72 Å². The molecule has 0 amide bonds. The second-order valence-corrected chi connectivity index (χ2v) is 11.9. The standard InChI is InChI=1S/C30H33NO5S/c1-21-16-18-25(19-17-21)37(34,35)31-28-26-15-9-8-10-22(26)20-27(28)36-29(32)30(33,23-11-4-2-5-12-23)24-13-6-3-7-14-24/h2,4-5,8-12,15-19,24,27-28,31,33H,3,6-7,13-14,20H2,1H3/t27-,28-,30+/m0/s1. The van der Waals surface area contributed by atoms with Gasteiger partial charge in [-0.05, 0) is 48.6 Å². The van der Waals surface area contributed by atoms with Crippen molar-refractivity contribution < 1.29 is 23.1 Å². The van der Waals surface area contributed by atoms with Crippen LogP contribution >= 0.6 is 0 Å². The summed E-state index contributed by atoms with van der Waals surface area (Å²) in [4.78, 5) is 14.0. The summed E-state index contributed by atoms with van der Waals surface area (Å²) < 4.78 is 35.5. The van der Waals surface area contributed by atoms with Crippen LogP contribution in [0.25, 0.3) is 0 Å². The molecule has 2 N–H and O–H groups in total. The highest BCUT2D eigenvalue weighted by Gasteiger charge is 2.49. The number of hydrogen-bond acceptors (Lipinski definition) is 5. The number of sulfonamides is 1. The molecule has 2 aliphatic carbocycles. The van der Waals surface area contributed by atoms with Crippen LogP contribution in [0.5, 0.6) is 0 Å². The summed E-state index contributed by atoms with van der Waals surface area (Å²) >= 11 is 0. The molecule has 0 spiro atoms. The second kappa shape index (κ2) is 10.4. The van der Waals surface area contributed by atoms with E-state index in [1.807, 2.05) is 37.3 Å². The van der Waals surface area contributed by atoms with Crippen LogP contribution in [0.1, 0.15) is 60.4 Å². The third kappa shape index (κ3) is 5.08. The van der Waals surface area contributed by atoms with Crippen LogP contribution in [0.15, 0.2) is 83.8 Å².